The Labute approximate surface area is 261 Å². The molecule has 0 bridgehead atoms. The van der Waals surface area contributed by atoms with Gasteiger partial charge in [-0.1, -0.05) is 29.3 Å². The van der Waals surface area contributed by atoms with Gasteiger partial charge < -0.3 is 25.4 Å². The maximum absolute atomic E-state index is 13.0. The zero-order chi connectivity index (χ0) is 31.3. The summed E-state index contributed by atoms with van der Waals surface area (Å²) >= 11 is 6.46. The number of aromatic nitrogens is 2. The number of para-hydroxylation sites is 1. The van der Waals surface area contributed by atoms with Crippen molar-refractivity contribution in [1.29, 1.82) is 0 Å². The van der Waals surface area contributed by atoms with E-state index in [0.29, 0.717) is 35.3 Å². The molecule has 1 fully saturated rings. The number of halogens is 1. The van der Waals surface area contributed by atoms with Crippen LogP contribution in [0.4, 0.5) is 17.5 Å². The lowest BCUT2D eigenvalue weighted by atomic mass is 9.72. The Morgan fingerprint density at radius 2 is 1.81 bits per heavy atom. The maximum atomic E-state index is 13.0. The van der Waals surface area contributed by atoms with Crippen LogP contribution >= 0.6 is 11.6 Å². The second-order valence-electron chi connectivity index (χ2n) is 12.2. The molecule has 11 heteroatoms. The molecule has 1 aromatic carbocycles. The van der Waals surface area contributed by atoms with E-state index in [-0.39, 0.29) is 22.6 Å². The van der Waals surface area contributed by atoms with Crippen LogP contribution in [0.25, 0.3) is 0 Å². The van der Waals surface area contributed by atoms with Crippen molar-refractivity contribution in [3.05, 3.63) is 58.6 Å². The second-order valence-corrected chi connectivity index (χ2v) is 15.1. The number of hydrogen-bond acceptors (Lipinski definition) is 9. The number of hydrogen-bond donors (Lipinski definition) is 3. The molecule has 9 nitrogen and oxygen atoms in total. The molecule has 1 saturated carbocycles. The van der Waals surface area contributed by atoms with Gasteiger partial charge in [-0.05, 0) is 97.4 Å². The lowest BCUT2D eigenvalue weighted by Gasteiger charge is -2.39. The third-order valence-corrected chi connectivity index (χ3v) is 11.0. The highest BCUT2D eigenvalue weighted by Crippen LogP contribution is 2.42. The van der Waals surface area contributed by atoms with Crippen molar-refractivity contribution in [3.63, 3.8) is 0 Å². The van der Waals surface area contributed by atoms with E-state index in [1.54, 1.807) is 38.1 Å². The molecule has 0 spiro atoms. The minimum Gasteiger partial charge on any atom is -0.493 e. The highest BCUT2D eigenvalue weighted by Gasteiger charge is 2.33. The van der Waals surface area contributed by atoms with E-state index < -0.39 is 15.1 Å². The average molecular weight is 632 g/mol. The van der Waals surface area contributed by atoms with Crippen molar-refractivity contribution in [1.82, 2.24) is 14.9 Å². The van der Waals surface area contributed by atoms with Gasteiger partial charge in [-0.3, -0.25) is 0 Å². The van der Waals surface area contributed by atoms with E-state index in [2.05, 4.69) is 45.5 Å². The van der Waals surface area contributed by atoms with Crippen LogP contribution < -0.4 is 10.6 Å². The molecule has 4 rings (SSSR count). The number of ether oxygens (including phenoxy) is 1. The Hall–Kier alpha value is -2.66. The van der Waals surface area contributed by atoms with Crippen LogP contribution in [0.2, 0.25) is 5.02 Å². The van der Waals surface area contributed by atoms with Crippen molar-refractivity contribution < 1.29 is 18.3 Å². The quantitative estimate of drug-likeness (QED) is 0.240. The van der Waals surface area contributed by atoms with Crippen molar-refractivity contribution in [2.75, 3.05) is 30.8 Å². The lowest BCUT2D eigenvalue weighted by molar-refractivity contribution is 0.104. The largest absolute Gasteiger partial charge is 0.493 e. The van der Waals surface area contributed by atoms with Gasteiger partial charge in [0.15, 0.2) is 15.7 Å². The minimum absolute atomic E-state index is 0.00453. The fourth-order valence-electron chi connectivity index (χ4n) is 6.05. The van der Waals surface area contributed by atoms with E-state index in [1.165, 1.54) is 11.8 Å². The first-order chi connectivity index (χ1) is 20.4. The SMILES string of the molecule is CC1=CC(Nc2ncc(Cl)c(Nc3ccccc3S(=O)(=O)C(C)C)n2)=C(OC(C)C)CC1C1CCC(N(C)CCO)CC1. The Balaban J connectivity index is 1.55. The van der Waals surface area contributed by atoms with Gasteiger partial charge >= 0.3 is 0 Å². The summed E-state index contributed by atoms with van der Waals surface area (Å²) in [5, 5.41) is 15.5. The van der Waals surface area contributed by atoms with Crippen molar-refractivity contribution in [2.45, 2.75) is 89.0 Å². The van der Waals surface area contributed by atoms with Gasteiger partial charge in [-0.15, -0.1) is 0 Å². The molecule has 1 heterocycles. The fraction of sp³-hybridized carbons (Fsp3) is 0.562. The van der Waals surface area contributed by atoms with Gasteiger partial charge in [-0.2, -0.15) is 4.98 Å². The molecule has 236 valence electrons. The van der Waals surface area contributed by atoms with Crippen molar-refractivity contribution >= 4 is 38.9 Å². The predicted molar refractivity (Wildman–Crippen MR) is 173 cm³/mol. The molecule has 2 aliphatic rings. The van der Waals surface area contributed by atoms with Crippen LogP contribution in [0.15, 0.2) is 58.5 Å². The van der Waals surface area contributed by atoms with Crippen molar-refractivity contribution in [3.8, 4) is 0 Å². The van der Waals surface area contributed by atoms with Gasteiger partial charge in [-0.25, -0.2) is 13.4 Å². The summed E-state index contributed by atoms with van der Waals surface area (Å²) in [6.45, 7) is 10.5. The van der Waals surface area contributed by atoms with Crippen LogP contribution in [-0.2, 0) is 14.6 Å². The normalized spacial score (nSPS) is 21.4. The highest BCUT2D eigenvalue weighted by molar-refractivity contribution is 7.92. The summed E-state index contributed by atoms with van der Waals surface area (Å²) in [6, 6.07) is 7.27. The number of benzene rings is 1. The van der Waals surface area contributed by atoms with Crippen molar-refractivity contribution in [2.24, 2.45) is 11.8 Å². The number of nitrogens with one attached hydrogen (secondary N) is 2. The molecule has 0 aliphatic heterocycles. The summed E-state index contributed by atoms with van der Waals surface area (Å²) in [6.07, 6.45) is 9.01. The molecule has 1 aromatic heterocycles. The smallest absolute Gasteiger partial charge is 0.229 e. The molecule has 2 aliphatic carbocycles. The predicted octanol–water partition coefficient (Wildman–Crippen LogP) is 6.55. The van der Waals surface area contributed by atoms with Crippen LogP contribution in [0.1, 0.15) is 66.7 Å². The van der Waals surface area contributed by atoms with Crippen LogP contribution in [0.5, 0.6) is 0 Å². The Morgan fingerprint density at radius 3 is 2.47 bits per heavy atom. The third kappa shape index (κ3) is 8.09. The van der Waals surface area contributed by atoms with E-state index >= 15 is 0 Å². The first-order valence-corrected chi connectivity index (χ1v) is 17.1. The standard InChI is InChI=1S/C32H46ClN5O4S/c1-20(2)42-29-18-25(23-11-13-24(14-12-23)38(6)15-16-39)22(5)17-28(29)36-32-34-19-26(33)31(37-32)35-27-9-7-8-10-30(27)43(40,41)21(3)4/h7-10,17,19-21,23-25,39H,11-16,18H2,1-6H3,(H2,34,35,36,37). The number of aliphatic hydroxyl groups is 1. The van der Waals surface area contributed by atoms with E-state index in [4.69, 9.17) is 16.3 Å². The molecule has 43 heavy (non-hydrogen) atoms. The van der Waals surface area contributed by atoms with Gasteiger partial charge in [0, 0.05) is 19.0 Å². The number of sulfone groups is 1. The number of allylic oxidation sites excluding steroid dienone is 3. The number of nitrogens with zero attached hydrogens (tertiary/aromatic N) is 3. The fourth-order valence-corrected chi connectivity index (χ4v) is 7.39. The van der Waals surface area contributed by atoms with Gasteiger partial charge in [0.1, 0.15) is 10.8 Å². The molecule has 0 saturated heterocycles. The van der Waals surface area contributed by atoms with Crippen LogP contribution in [-0.4, -0.2) is 66.0 Å². The van der Waals surface area contributed by atoms with E-state index in [1.807, 2.05) is 13.8 Å². The lowest BCUT2D eigenvalue weighted by Crippen LogP contribution is -2.38. The Kier molecular flexibility index (Phi) is 11.1. The third-order valence-electron chi connectivity index (χ3n) is 8.48. The minimum atomic E-state index is -3.53. The van der Waals surface area contributed by atoms with Gasteiger partial charge in [0.25, 0.3) is 0 Å². The summed E-state index contributed by atoms with van der Waals surface area (Å²) in [4.78, 5) is 11.5. The number of aliphatic hydroxyl groups excluding tert-OH is 1. The molecule has 1 atom stereocenters. The summed E-state index contributed by atoms with van der Waals surface area (Å²) in [5.74, 6) is 2.48. The number of rotatable bonds is 12. The highest BCUT2D eigenvalue weighted by atomic mass is 35.5. The van der Waals surface area contributed by atoms with E-state index in [0.717, 1.165) is 50.1 Å². The molecular weight excluding hydrogens is 586 g/mol. The molecule has 2 aromatic rings. The molecule has 1 unspecified atom stereocenters. The van der Waals surface area contributed by atoms with Crippen LogP contribution in [0, 0.1) is 11.8 Å². The van der Waals surface area contributed by atoms with Gasteiger partial charge in [0.2, 0.25) is 5.95 Å². The van der Waals surface area contributed by atoms with Crippen LogP contribution in [0.3, 0.4) is 0 Å². The maximum Gasteiger partial charge on any atom is 0.229 e. The van der Waals surface area contributed by atoms with Gasteiger partial charge in [0.05, 0.1) is 40.4 Å². The summed E-state index contributed by atoms with van der Waals surface area (Å²) in [7, 11) is -1.43. The zero-order valence-corrected chi connectivity index (χ0v) is 27.7. The zero-order valence-electron chi connectivity index (χ0n) is 26.1. The molecule has 0 amide bonds. The first-order valence-electron chi connectivity index (χ1n) is 15.2. The summed E-state index contributed by atoms with van der Waals surface area (Å²) in [5.41, 5.74) is 2.51. The Morgan fingerprint density at radius 1 is 1.12 bits per heavy atom. The summed E-state index contributed by atoms with van der Waals surface area (Å²) < 4.78 is 32.3. The first kappa shape index (κ1) is 33.2. The van der Waals surface area contributed by atoms with E-state index in [9.17, 15) is 13.5 Å². The number of anilines is 3. The number of likely N-dealkylation sites (N-methyl/N-ethyl adjacent to an activating group) is 1. The molecular formula is C32H46ClN5O4S. The second kappa shape index (κ2) is 14.4. The molecule has 0 radical (unpaired) electrons. The Bertz CT molecular complexity index is 1430. The topological polar surface area (TPSA) is 117 Å². The molecule has 3 N–H and O–H groups in total. The monoisotopic (exact) mass is 631 g/mol. The average Bonchev–Trinajstić information content (AvgIpc) is 2.96.